The zero-order chi connectivity index (χ0) is 12.8. The fraction of sp³-hybridized carbons (Fsp3) is 0.500. The second-order valence-electron chi connectivity index (χ2n) is 3.61. The van der Waals surface area contributed by atoms with Gasteiger partial charge in [-0.3, -0.25) is 14.7 Å². The van der Waals surface area contributed by atoms with Gasteiger partial charge in [-0.25, -0.2) is 0 Å². The number of aromatic amines is 1. The van der Waals surface area contributed by atoms with Crippen molar-refractivity contribution < 1.29 is 14.3 Å². The van der Waals surface area contributed by atoms with Gasteiger partial charge in [0.1, 0.15) is 5.69 Å². The van der Waals surface area contributed by atoms with Crippen LogP contribution in [0.25, 0.3) is 0 Å². The summed E-state index contributed by atoms with van der Waals surface area (Å²) in [5.41, 5.74) is 6.15. The molecule has 0 aliphatic rings. The van der Waals surface area contributed by atoms with E-state index in [-0.39, 0.29) is 24.0 Å². The maximum Gasteiger partial charge on any atom is 0.305 e. The van der Waals surface area contributed by atoms with Crippen molar-refractivity contribution in [2.75, 3.05) is 26.4 Å². The molecular weight excluding hydrogens is 224 g/mol. The average Bonchev–Trinajstić information content (AvgIpc) is 2.74. The Hall–Kier alpha value is -2.05. The second-order valence-corrected chi connectivity index (χ2v) is 3.61. The first-order valence-corrected chi connectivity index (χ1v) is 5.17. The summed E-state index contributed by atoms with van der Waals surface area (Å²) in [6.07, 6.45) is 2.21. The highest BCUT2D eigenvalue weighted by Crippen LogP contribution is 2.09. The number of nitrogens with zero attached hydrogens (tertiary/aromatic N) is 2. The quantitative estimate of drug-likeness (QED) is 0.706. The molecule has 7 nitrogen and oxygen atoms in total. The number of esters is 1. The summed E-state index contributed by atoms with van der Waals surface area (Å²) in [4.78, 5) is 24.2. The van der Waals surface area contributed by atoms with Crippen molar-refractivity contribution in [3.63, 3.8) is 0 Å². The van der Waals surface area contributed by atoms with Gasteiger partial charge in [0.2, 0.25) is 0 Å². The molecule has 0 atom stereocenters. The number of hydrogen-bond donors (Lipinski definition) is 2. The first kappa shape index (κ1) is 13.0. The highest BCUT2D eigenvalue weighted by Gasteiger charge is 2.16. The Morgan fingerprint density at radius 3 is 2.82 bits per heavy atom. The molecular formula is C10H16N4O3. The zero-order valence-electron chi connectivity index (χ0n) is 9.90. The van der Waals surface area contributed by atoms with Gasteiger partial charge in [-0.1, -0.05) is 0 Å². The number of amides is 1. The van der Waals surface area contributed by atoms with E-state index >= 15 is 0 Å². The van der Waals surface area contributed by atoms with Crippen LogP contribution in [0.3, 0.4) is 0 Å². The molecule has 3 N–H and O–H groups in total. The number of hydrogen-bond acceptors (Lipinski definition) is 5. The molecule has 0 fully saturated rings. The number of nitrogens with one attached hydrogen (secondary N) is 1. The lowest BCUT2D eigenvalue weighted by Gasteiger charge is -2.15. The molecule has 0 aromatic carbocycles. The maximum atomic E-state index is 11.8. The molecule has 1 amide bonds. The van der Waals surface area contributed by atoms with Crippen molar-refractivity contribution in [3.8, 4) is 0 Å². The summed E-state index contributed by atoms with van der Waals surface area (Å²) in [7, 11) is 2.97. The van der Waals surface area contributed by atoms with Crippen molar-refractivity contribution in [2.45, 2.75) is 12.8 Å². The lowest BCUT2D eigenvalue weighted by molar-refractivity contribution is -0.140. The highest BCUT2D eigenvalue weighted by molar-refractivity contribution is 5.96. The van der Waals surface area contributed by atoms with Crippen molar-refractivity contribution in [1.82, 2.24) is 15.1 Å². The first-order chi connectivity index (χ1) is 8.06. The molecule has 0 saturated heterocycles. The van der Waals surface area contributed by atoms with Crippen LogP contribution in [0.15, 0.2) is 6.20 Å². The fourth-order valence-corrected chi connectivity index (χ4v) is 1.32. The van der Waals surface area contributed by atoms with E-state index in [1.807, 2.05) is 0 Å². The third-order valence-electron chi connectivity index (χ3n) is 2.33. The minimum Gasteiger partial charge on any atom is -0.469 e. The summed E-state index contributed by atoms with van der Waals surface area (Å²) in [6.45, 7) is 0.451. The molecule has 0 aliphatic carbocycles. The Morgan fingerprint density at radius 2 is 2.29 bits per heavy atom. The molecule has 0 spiro atoms. The molecule has 0 saturated carbocycles. The minimum absolute atomic E-state index is 0.245. The normalized spacial score (nSPS) is 10.0. The lowest BCUT2D eigenvalue weighted by Crippen LogP contribution is -2.29. The Balaban J connectivity index is 2.43. The smallest absolute Gasteiger partial charge is 0.305 e. The van der Waals surface area contributed by atoms with E-state index in [0.717, 1.165) is 0 Å². The Morgan fingerprint density at radius 1 is 1.59 bits per heavy atom. The summed E-state index contributed by atoms with van der Waals surface area (Å²) in [5, 5.41) is 6.21. The van der Waals surface area contributed by atoms with Crippen LogP contribution in [-0.2, 0) is 9.53 Å². The Labute approximate surface area is 98.9 Å². The van der Waals surface area contributed by atoms with Gasteiger partial charge in [-0.2, -0.15) is 5.10 Å². The SMILES string of the molecule is COC(=O)CCCN(C)C(=O)c1[nH]ncc1N. The molecule has 94 valence electrons. The van der Waals surface area contributed by atoms with E-state index in [2.05, 4.69) is 14.9 Å². The predicted octanol–water partition coefficient (Wildman–Crippen LogP) is 0.0171. The standard InChI is InChI=1S/C10H16N4O3/c1-14(5-3-4-8(15)17-2)10(16)9-7(11)6-12-13-9/h6H,3-5,11H2,1-2H3,(H,12,13). The fourth-order valence-electron chi connectivity index (χ4n) is 1.32. The third-order valence-corrected chi connectivity index (χ3v) is 2.33. The summed E-state index contributed by atoms with van der Waals surface area (Å²) in [5.74, 6) is -0.531. The van der Waals surface area contributed by atoms with Crippen LogP contribution >= 0.6 is 0 Å². The largest absolute Gasteiger partial charge is 0.469 e. The van der Waals surface area contributed by atoms with Gasteiger partial charge in [0.15, 0.2) is 0 Å². The van der Waals surface area contributed by atoms with Crippen LogP contribution in [0.2, 0.25) is 0 Å². The lowest BCUT2D eigenvalue weighted by atomic mass is 10.2. The van der Waals surface area contributed by atoms with Crippen LogP contribution < -0.4 is 5.73 Å². The number of carbonyl (C=O) groups is 2. The van der Waals surface area contributed by atoms with Crippen LogP contribution in [0.5, 0.6) is 0 Å². The first-order valence-electron chi connectivity index (χ1n) is 5.17. The molecule has 0 aliphatic heterocycles. The van der Waals surface area contributed by atoms with Crippen molar-refractivity contribution in [1.29, 1.82) is 0 Å². The third kappa shape index (κ3) is 3.47. The topological polar surface area (TPSA) is 101 Å². The number of ether oxygens (including phenoxy) is 1. The van der Waals surface area contributed by atoms with Crippen LogP contribution in [0.4, 0.5) is 5.69 Å². The summed E-state index contributed by atoms with van der Waals surface area (Å²) >= 11 is 0. The molecule has 7 heteroatoms. The number of rotatable bonds is 5. The van der Waals surface area contributed by atoms with Gasteiger partial charge >= 0.3 is 5.97 Å². The minimum atomic E-state index is -0.285. The van der Waals surface area contributed by atoms with Crippen LogP contribution in [-0.4, -0.2) is 47.7 Å². The number of aromatic nitrogens is 2. The van der Waals surface area contributed by atoms with E-state index in [4.69, 9.17) is 5.73 Å². The molecule has 1 rings (SSSR count). The van der Waals surface area contributed by atoms with Crippen LogP contribution in [0, 0.1) is 0 Å². The van der Waals surface area contributed by atoms with E-state index in [1.165, 1.54) is 18.2 Å². The highest BCUT2D eigenvalue weighted by atomic mass is 16.5. The van der Waals surface area contributed by atoms with E-state index in [0.29, 0.717) is 18.7 Å². The predicted molar refractivity (Wildman–Crippen MR) is 61.2 cm³/mol. The second kappa shape index (κ2) is 5.88. The number of H-pyrrole nitrogens is 1. The number of anilines is 1. The van der Waals surface area contributed by atoms with Gasteiger partial charge < -0.3 is 15.4 Å². The number of methoxy groups -OCH3 is 1. The number of nitrogens with two attached hydrogens (primary N) is 1. The van der Waals surface area contributed by atoms with Crippen molar-refractivity contribution in [2.24, 2.45) is 0 Å². The molecule has 1 heterocycles. The summed E-state index contributed by atoms with van der Waals surface area (Å²) in [6, 6.07) is 0. The molecule has 17 heavy (non-hydrogen) atoms. The van der Waals surface area contributed by atoms with Crippen LogP contribution in [0.1, 0.15) is 23.3 Å². The van der Waals surface area contributed by atoms with Gasteiger partial charge in [-0.15, -0.1) is 0 Å². The van der Waals surface area contributed by atoms with E-state index in [1.54, 1.807) is 7.05 Å². The maximum absolute atomic E-state index is 11.8. The number of nitrogen functional groups attached to an aromatic ring is 1. The van der Waals surface area contributed by atoms with Crippen molar-refractivity contribution >= 4 is 17.6 Å². The summed E-state index contributed by atoms with van der Waals surface area (Å²) < 4.78 is 4.51. The van der Waals surface area contributed by atoms with Gasteiger partial charge in [0.25, 0.3) is 5.91 Å². The Kier molecular flexibility index (Phi) is 4.50. The van der Waals surface area contributed by atoms with Gasteiger partial charge in [0.05, 0.1) is 19.0 Å². The average molecular weight is 240 g/mol. The molecule has 1 aromatic rings. The van der Waals surface area contributed by atoms with E-state index in [9.17, 15) is 9.59 Å². The molecule has 0 bridgehead atoms. The number of carbonyl (C=O) groups excluding carboxylic acids is 2. The Bertz CT molecular complexity index is 402. The molecule has 0 radical (unpaired) electrons. The van der Waals surface area contributed by atoms with Gasteiger partial charge in [0, 0.05) is 20.0 Å². The molecule has 1 aromatic heterocycles. The monoisotopic (exact) mass is 240 g/mol. The zero-order valence-corrected chi connectivity index (χ0v) is 9.90. The van der Waals surface area contributed by atoms with Crippen molar-refractivity contribution in [3.05, 3.63) is 11.9 Å². The molecule has 0 unspecified atom stereocenters. The van der Waals surface area contributed by atoms with Gasteiger partial charge in [-0.05, 0) is 6.42 Å². The van der Waals surface area contributed by atoms with E-state index < -0.39 is 0 Å².